The minimum atomic E-state index is -1.71. The average Bonchev–Trinajstić information content (AvgIpc) is 2.76. The van der Waals surface area contributed by atoms with Crippen LogP contribution in [0.4, 0.5) is 4.79 Å². The van der Waals surface area contributed by atoms with Crippen molar-refractivity contribution in [1.82, 2.24) is 10.6 Å². The Bertz CT molecular complexity index is 1030. The molecule has 0 radical (unpaired) electrons. The van der Waals surface area contributed by atoms with Gasteiger partial charge >= 0.3 is 12.1 Å². The van der Waals surface area contributed by atoms with Crippen molar-refractivity contribution in [1.29, 1.82) is 0 Å². The van der Waals surface area contributed by atoms with E-state index in [0.29, 0.717) is 12.1 Å². The first kappa shape index (κ1) is 21.4. The molecule has 0 saturated heterocycles. The third-order valence-corrected chi connectivity index (χ3v) is 4.51. The molecule has 1 aliphatic heterocycles. The lowest BCUT2D eigenvalue weighted by atomic mass is 9.86. The van der Waals surface area contributed by atoms with E-state index in [1.165, 1.54) is 6.20 Å². The van der Waals surface area contributed by atoms with Crippen LogP contribution in [0.15, 0.2) is 71.0 Å². The Kier molecular flexibility index (Phi) is 6.55. The summed E-state index contributed by atoms with van der Waals surface area (Å²) in [4.78, 5) is 51.5. The van der Waals surface area contributed by atoms with Gasteiger partial charge in [0, 0.05) is 24.4 Å². The van der Waals surface area contributed by atoms with Crippen LogP contribution in [0, 0.1) is 16.0 Å². The summed E-state index contributed by atoms with van der Waals surface area (Å²) in [6, 6.07) is 6.99. The minimum absolute atomic E-state index is 0.0120. The summed E-state index contributed by atoms with van der Waals surface area (Å²) in [5, 5.41) is 26.0. The lowest BCUT2D eigenvalue weighted by Crippen LogP contribution is -2.49. The first-order valence-corrected chi connectivity index (χ1v) is 9.15. The number of alkyl carbamates (subject to hydrolysis) is 1. The fraction of sp³-hybridized carbons (Fsp3) is 0.200. The molecule has 1 heterocycles. The van der Waals surface area contributed by atoms with Gasteiger partial charge in [-0.05, 0) is 17.7 Å². The zero-order valence-corrected chi connectivity index (χ0v) is 16.1. The van der Waals surface area contributed by atoms with Crippen LogP contribution in [0.2, 0.25) is 0 Å². The van der Waals surface area contributed by atoms with E-state index in [9.17, 15) is 29.6 Å². The Labute approximate surface area is 176 Å². The number of amidine groups is 1. The van der Waals surface area contributed by atoms with Crippen molar-refractivity contribution in [2.75, 3.05) is 6.54 Å². The minimum Gasteiger partial charge on any atom is -0.480 e. The van der Waals surface area contributed by atoms with Crippen molar-refractivity contribution < 1.29 is 29.2 Å². The van der Waals surface area contributed by atoms with Crippen LogP contribution in [-0.4, -0.2) is 46.3 Å². The normalized spacial score (nSPS) is 18.6. The van der Waals surface area contributed by atoms with Gasteiger partial charge in [-0.3, -0.25) is 19.7 Å². The number of carboxylic acids is 1. The highest BCUT2D eigenvalue weighted by Crippen LogP contribution is 2.24. The standard InChI is InChI=1S/C20H18N4O7/c25-17-13(15(19(26)27)18-21-9-4-10-22-18)7-8-14(24(29)30)16(17)23-20(28)31-11-12-5-2-1-3-6-12/h1-9,15-16H,10-11H2,(H,21,22)(H,23,28)(H,26,27). The molecule has 3 rings (SSSR count). The van der Waals surface area contributed by atoms with Gasteiger partial charge in [-0.25, -0.2) is 9.79 Å². The van der Waals surface area contributed by atoms with E-state index in [-0.39, 0.29) is 18.0 Å². The number of carboxylic acid groups (broad SMARTS) is 1. The molecule has 1 aromatic carbocycles. The predicted molar refractivity (Wildman–Crippen MR) is 107 cm³/mol. The molecule has 1 aliphatic carbocycles. The van der Waals surface area contributed by atoms with Gasteiger partial charge in [0.1, 0.15) is 18.4 Å². The SMILES string of the molecule is O=C(NC1C(=O)C(C(C(=O)O)C2=NC=CCN2)=CC=C1[N+](=O)[O-])OCc1ccccc1. The molecule has 2 atom stereocenters. The second-order valence-corrected chi connectivity index (χ2v) is 6.53. The van der Waals surface area contributed by atoms with Crippen LogP contribution >= 0.6 is 0 Å². The van der Waals surface area contributed by atoms with Gasteiger partial charge in [0.25, 0.3) is 5.70 Å². The molecule has 2 aliphatic rings. The lowest BCUT2D eigenvalue weighted by Gasteiger charge is -2.24. The fourth-order valence-corrected chi connectivity index (χ4v) is 3.05. The fourth-order valence-electron chi connectivity index (χ4n) is 3.05. The van der Waals surface area contributed by atoms with Gasteiger partial charge in [0.05, 0.1) is 4.92 Å². The van der Waals surface area contributed by atoms with Crippen molar-refractivity contribution >= 4 is 23.7 Å². The van der Waals surface area contributed by atoms with Crippen LogP contribution in [0.1, 0.15) is 5.56 Å². The van der Waals surface area contributed by atoms with Crippen LogP contribution in [0.5, 0.6) is 0 Å². The van der Waals surface area contributed by atoms with Gasteiger partial charge in [0.15, 0.2) is 11.8 Å². The number of nitrogens with zero attached hydrogens (tertiary/aromatic N) is 2. The molecule has 0 bridgehead atoms. The molecule has 0 aromatic heterocycles. The molecule has 1 amide bonds. The third-order valence-electron chi connectivity index (χ3n) is 4.51. The number of nitrogens with one attached hydrogen (secondary N) is 2. The monoisotopic (exact) mass is 426 g/mol. The maximum absolute atomic E-state index is 13.0. The van der Waals surface area contributed by atoms with E-state index in [4.69, 9.17) is 4.74 Å². The molecule has 1 aromatic rings. The number of rotatable bonds is 7. The van der Waals surface area contributed by atoms with Crippen molar-refractivity contribution in [2.45, 2.75) is 12.6 Å². The number of allylic oxidation sites excluding steroid dienone is 2. The lowest BCUT2D eigenvalue weighted by molar-refractivity contribution is -0.428. The molecule has 11 heteroatoms. The van der Waals surface area contributed by atoms with Gasteiger partial charge < -0.3 is 20.5 Å². The number of amides is 1. The quantitative estimate of drug-likeness (QED) is 0.432. The first-order valence-electron chi connectivity index (χ1n) is 9.15. The van der Waals surface area contributed by atoms with Gasteiger partial charge in [-0.2, -0.15) is 0 Å². The van der Waals surface area contributed by atoms with E-state index in [1.807, 2.05) is 0 Å². The van der Waals surface area contributed by atoms with Gasteiger partial charge in [-0.15, -0.1) is 0 Å². The van der Waals surface area contributed by atoms with Crippen molar-refractivity contribution in [3.63, 3.8) is 0 Å². The highest BCUT2D eigenvalue weighted by Gasteiger charge is 2.43. The number of hydrogen-bond acceptors (Lipinski definition) is 8. The average molecular weight is 426 g/mol. The maximum atomic E-state index is 13.0. The number of aliphatic carboxylic acids is 1. The first-order chi connectivity index (χ1) is 14.9. The Balaban J connectivity index is 1.81. The summed E-state index contributed by atoms with van der Waals surface area (Å²) in [5.74, 6) is -3.77. The van der Waals surface area contributed by atoms with E-state index in [1.54, 1.807) is 36.4 Å². The topological polar surface area (TPSA) is 160 Å². The Morgan fingerprint density at radius 3 is 2.68 bits per heavy atom. The summed E-state index contributed by atoms with van der Waals surface area (Å²) in [6.07, 6.45) is 4.05. The molecule has 2 unspecified atom stereocenters. The van der Waals surface area contributed by atoms with E-state index >= 15 is 0 Å². The zero-order valence-electron chi connectivity index (χ0n) is 16.1. The van der Waals surface area contributed by atoms with Crippen molar-refractivity contribution in [3.8, 4) is 0 Å². The highest BCUT2D eigenvalue weighted by atomic mass is 16.6. The Morgan fingerprint density at radius 2 is 2.06 bits per heavy atom. The smallest absolute Gasteiger partial charge is 0.408 e. The number of carbonyl (C=O) groups excluding carboxylic acids is 2. The van der Waals surface area contributed by atoms with E-state index < -0.39 is 40.4 Å². The van der Waals surface area contributed by atoms with E-state index in [0.717, 1.165) is 12.2 Å². The summed E-state index contributed by atoms with van der Waals surface area (Å²) < 4.78 is 5.03. The molecule has 11 nitrogen and oxygen atoms in total. The molecule has 0 fully saturated rings. The van der Waals surface area contributed by atoms with Crippen molar-refractivity contribution in [3.05, 3.63) is 81.7 Å². The Morgan fingerprint density at radius 1 is 1.32 bits per heavy atom. The molecular weight excluding hydrogens is 408 g/mol. The number of nitro groups is 1. The number of benzene rings is 1. The molecule has 0 spiro atoms. The number of Topliss-reactive ketones (excluding diaryl/α,β-unsaturated/α-hetero) is 1. The number of ketones is 1. The van der Waals surface area contributed by atoms with Crippen LogP contribution < -0.4 is 10.6 Å². The second-order valence-electron chi connectivity index (χ2n) is 6.53. The zero-order chi connectivity index (χ0) is 22.4. The molecule has 160 valence electrons. The largest absolute Gasteiger partial charge is 0.480 e. The summed E-state index contributed by atoms with van der Waals surface area (Å²) >= 11 is 0. The molecule has 31 heavy (non-hydrogen) atoms. The summed E-state index contributed by atoms with van der Waals surface area (Å²) in [5.41, 5.74) is -0.181. The molecule has 3 N–H and O–H groups in total. The van der Waals surface area contributed by atoms with Gasteiger partial charge in [-0.1, -0.05) is 30.3 Å². The third kappa shape index (κ3) is 5.01. The maximum Gasteiger partial charge on any atom is 0.408 e. The molecular formula is C20H18N4O7. The molecule has 0 saturated carbocycles. The number of hydrogen-bond donors (Lipinski definition) is 3. The summed E-state index contributed by atoms with van der Waals surface area (Å²) in [6.45, 7) is 0.201. The number of carbonyl (C=O) groups is 3. The van der Waals surface area contributed by atoms with E-state index in [2.05, 4.69) is 15.6 Å². The predicted octanol–water partition coefficient (Wildman–Crippen LogP) is 1.17. The number of aliphatic imine (C=N–C) groups is 1. The van der Waals surface area contributed by atoms with Crippen molar-refractivity contribution in [2.24, 2.45) is 10.9 Å². The van der Waals surface area contributed by atoms with Gasteiger partial charge in [0.2, 0.25) is 0 Å². The highest BCUT2D eigenvalue weighted by molar-refractivity contribution is 6.15. The van der Waals surface area contributed by atoms with Crippen LogP contribution in [0.25, 0.3) is 0 Å². The summed E-state index contributed by atoms with van der Waals surface area (Å²) in [7, 11) is 0. The Hall–Kier alpha value is -4.28. The van der Waals surface area contributed by atoms with Crippen LogP contribution in [-0.2, 0) is 20.9 Å². The number of ether oxygens (including phenoxy) is 1. The van der Waals surface area contributed by atoms with Crippen LogP contribution in [0.3, 0.4) is 0 Å². The second kappa shape index (κ2) is 9.48.